The van der Waals surface area contributed by atoms with E-state index in [1.54, 1.807) is 0 Å². The molecule has 1 saturated heterocycles. The zero-order chi connectivity index (χ0) is 31.8. The lowest BCUT2D eigenvalue weighted by molar-refractivity contribution is 0.00578. The normalized spacial score (nSPS) is 18.5. The van der Waals surface area contributed by atoms with Crippen LogP contribution in [0, 0.1) is 0 Å². The highest BCUT2D eigenvalue weighted by atomic mass is 16.7. The number of ether oxygens (including phenoxy) is 2. The van der Waals surface area contributed by atoms with Gasteiger partial charge in [0.2, 0.25) is 0 Å². The number of benzene rings is 3. The molecule has 3 aromatic rings. The van der Waals surface area contributed by atoms with E-state index in [0.717, 1.165) is 27.7 Å². The zero-order valence-electron chi connectivity index (χ0n) is 28.0. The summed E-state index contributed by atoms with van der Waals surface area (Å²) < 4.78 is 25.9. The first-order valence-corrected chi connectivity index (χ1v) is 15.3. The van der Waals surface area contributed by atoms with Crippen molar-refractivity contribution in [2.75, 3.05) is 0 Å². The van der Waals surface area contributed by atoms with E-state index < -0.39 is 29.7 Å². The van der Waals surface area contributed by atoms with Gasteiger partial charge in [-0.3, -0.25) is 0 Å². The first-order chi connectivity index (χ1) is 19.7. The number of hydrogen-bond acceptors (Lipinski definition) is 5. The van der Waals surface area contributed by atoms with Crippen molar-refractivity contribution in [2.24, 2.45) is 0 Å². The molecule has 0 radical (unpaired) electrons. The van der Waals surface area contributed by atoms with Crippen molar-refractivity contribution in [2.45, 2.75) is 117 Å². The van der Waals surface area contributed by atoms with E-state index in [4.69, 9.17) is 18.8 Å². The van der Waals surface area contributed by atoms with Crippen LogP contribution >= 0.6 is 0 Å². The average molecular weight is 583 g/mol. The summed E-state index contributed by atoms with van der Waals surface area (Å²) in [7, 11) is -0.624. The third kappa shape index (κ3) is 5.65. The monoisotopic (exact) mass is 582 g/mol. The van der Waals surface area contributed by atoms with Crippen molar-refractivity contribution >= 4 is 18.6 Å². The molecule has 5 rings (SSSR count). The summed E-state index contributed by atoms with van der Waals surface area (Å²) in [6.07, 6.45) is 0. The average Bonchev–Trinajstić information content (AvgIpc) is 3.12. The smallest absolute Gasteiger partial charge is 0.457 e. The van der Waals surface area contributed by atoms with Gasteiger partial charge in [0.25, 0.3) is 0 Å². The Labute approximate surface area is 258 Å². The molecule has 2 aliphatic rings. The molecule has 228 valence electrons. The van der Waals surface area contributed by atoms with Crippen molar-refractivity contribution in [3.63, 3.8) is 0 Å². The van der Waals surface area contributed by atoms with Crippen LogP contribution in [-0.4, -0.2) is 24.3 Å². The summed E-state index contributed by atoms with van der Waals surface area (Å²) in [6.45, 7) is 25.9. The number of carbonyl (C=O) groups is 1. The van der Waals surface area contributed by atoms with Crippen LogP contribution in [0.1, 0.15) is 121 Å². The van der Waals surface area contributed by atoms with Gasteiger partial charge in [0.05, 0.1) is 11.2 Å². The molecule has 0 spiro atoms. The molecule has 0 saturated carbocycles. The maximum Gasteiger partial charge on any atom is 0.498 e. The van der Waals surface area contributed by atoms with E-state index in [2.05, 4.69) is 101 Å². The molecular formula is C37H47BO5. The summed E-state index contributed by atoms with van der Waals surface area (Å²) in [6, 6.07) is 18.3. The Bertz CT molecular complexity index is 1540. The standard InChI is InChI=1S/C37H47BO5/c1-33(2,3)24-18-26(32(39)40-22-23-16-14-13-15-17-23)30-27(19-24)35(7,8)28-20-25(34(4,5)6)21-29(31(28)41-30)38-42-36(9,10)37(11,12)43-38/h13-21H,22H2,1-12H3. The fourth-order valence-corrected chi connectivity index (χ4v) is 5.64. The van der Waals surface area contributed by atoms with Gasteiger partial charge in [-0.05, 0) is 61.3 Å². The molecule has 0 aliphatic carbocycles. The fourth-order valence-electron chi connectivity index (χ4n) is 5.64. The molecule has 5 nitrogen and oxygen atoms in total. The second-order valence-corrected chi connectivity index (χ2v) is 15.7. The number of fused-ring (bicyclic) bond motifs is 2. The molecule has 6 heteroatoms. The topological polar surface area (TPSA) is 54.0 Å². The van der Waals surface area contributed by atoms with E-state index in [1.807, 2.05) is 36.4 Å². The molecule has 1 fully saturated rings. The summed E-state index contributed by atoms with van der Waals surface area (Å²) in [5.41, 5.74) is 4.60. The van der Waals surface area contributed by atoms with Crippen LogP contribution in [0.2, 0.25) is 0 Å². The molecule has 2 heterocycles. The highest BCUT2D eigenvalue weighted by Gasteiger charge is 2.54. The lowest BCUT2D eigenvalue weighted by Gasteiger charge is -2.39. The summed E-state index contributed by atoms with van der Waals surface area (Å²) >= 11 is 0. The lowest BCUT2D eigenvalue weighted by atomic mass is 9.66. The van der Waals surface area contributed by atoms with Crippen LogP contribution in [-0.2, 0) is 36.9 Å². The number of rotatable bonds is 4. The van der Waals surface area contributed by atoms with Gasteiger partial charge in [-0.1, -0.05) is 104 Å². The minimum absolute atomic E-state index is 0.122. The van der Waals surface area contributed by atoms with E-state index in [1.165, 1.54) is 5.56 Å². The van der Waals surface area contributed by atoms with Crippen LogP contribution in [0.25, 0.3) is 0 Å². The van der Waals surface area contributed by atoms with Gasteiger partial charge in [-0.15, -0.1) is 0 Å². The second-order valence-electron chi connectivity index (χ2n) is 15.7. The lowest BCUT2D eigenvalue weighted by Crippen LogP contribution is -2.41. The van der Waals surface area contributed by atoms with E-state index in [0.29, 0.717) is 17.1 Å². The molecule has 0 atom stereocenters. The zero-order valence-corrected chi connectivity index (χ0v) is 28.0. The Morgan fingerprint density at radius 3 is 1.79 bits per heavy atom. The largest absolute Gasteiger partial charge is 0.498 e. The van der Waals surface area contributed by atoms with Crippen molar-refractivity contribution in [3.8, 4) is 11.5 Å². The van der Waals surface area contributed by atoms with E-state index in [-0.39, 0.29) is 17.4 Å². The highest BCUT2D eigenvalue weighted by Crippen LogP contribution is 2.51. The van der Waals surface area contributed by atoms with E-state index in [9.17, 15) is 4.79 Å². The first kappa shape index (κ1) is 31.3. The van der Waals surface area contributed by atoms with Crippen LogP contribution in [0.4, 0.5) is 0 Å². The van der Waals surface area contributed by atoms with Gasteiger partial charge in [-0.25, -0.2) is 4.79 Å². The molecule has 3 aromatic carbocycles. The first-order valence-electron chi connectivity index (χ1n) is 15.3. The Morgan fingerprint density at radius 2 is 1.26 bits per heavy atom. The maximum absolute atomic E-state index is 13.8. The molecule has 0 amide bonds. The fraction of sp³-hybridized carbons (Fsp3) is 0.486. The van der Waals surface area contributed by atoms with Crippen LogP contribution < -0.4 is 10.2 Å². The number of esters is 1. The minimum atomic E-state index is -0.624. The number of carbonyl (C=O) groups excluding carboxylic acids is 1. The van der Waals surface area contributed by atoms with Crippen LogP contribution in [0.3, 0.4) is 0 Å². The Kier molecular flexibility index (Phi) is 7.46. The molecular weight excluding hydrogens is 535 g/mol. The van der Waals surface area contributed by atoms with Gasteiger partial charge < -0.3 is 18.8 Å². The van der Waals surface area contributed by atoms with Gasteiger partial charge >= 0.3 is 13.1 Å². The summed E-state index contributed by atoms with van der Waals surface area (Å²) in [5, 5.41) is 0. The maximum atomic E-state index is 13.8. The van der Waals surface area contributed by atoms with Crippen molar-refractivity contribution in [1.29, 1.82) is 0 Å². The van der Waals surface area contributed by atoms with Crippen molar-refractivity contribution in [1.82, 2.24) is 0 Å². The molecule has 0 aromatic heterocycles. The highest BCUT2D eigenvalue weighted by molar-refractivity contribution is 6.63. The summed E-state index contributed by atoms with van der Waals surface area (Å²) in [5.74, 6) is 0.809. The Balaban J connectivity index is 1.70. The Morgan fingerprint density at radius 1 is 0.744 bits per heavy atom. The second kappa shape index (κ2) is 10.2. The third-order valence-electron chi connectivity index (χ3n) is 9.43. The molecule has 0 bridgehead atoms. The molecule has 0 unspecified atom stereocenters. The van der Waals surface area contributed by atoms with Crippen LogP contribution in [0.15, 0.2) is 54.6 Å². The van der Waals surface area contributed by atoms with Gasteiger partial charge in [-0.2, -0.15) is 0 Å². The van der Waals surface area contributed by atoms with Gasteiger partial charge in [0.15, 0.2) is 0 Å². The molecule has 0 N–H and O–H groups in total. The quantitative estimate of drug-likeness (QED) is 0.229. The predicted molar refractivity (Wildman–Crippen MR) is 174 cm³/mol. The van der Waals surface area contributed by atoms with Gasteiger partial charge in [0.1, 0.15) is 23.7 Å². The molecule has 43 heavy (non-hydrogen) atoms. The molecule has 2 aliphatic heterocycles. The Hall–Kier alpha value is -3.09. The van der Waals surface area contributed by atoms with Gasteiger partial charge in [0, 0.05) is 22.0 Å². The van der Waals surface area contributed by atoms with Crippen molar-refractivity contribution < 1.29 is 23.6 Å². The minimum Gasteiger partial charge on any atom is -0.457 e. The number of hydrogen-bond donors (Lipinski definition) is 0. The van der Waals surface area contributed by atoms with Crippen LogP contribution in [0.5, 0.6) is 11.5 Å². The van der Waals surface area contributed by atoms with Crippen molar-refractivity contribution in [3.05, 3.63) is 88.0 Å². The predicted octanol–water partition coefficient (Wildman–Crippen LogP) is 8.37. The van der Waals surface area contributed by atoms with E-state index >= 15 is 0 Å². The third-order valence-corrected chi connectivity index (χ3v) is 9.43. The SMILES string of the molecule is CC(C)(C)c1cc(B2OC(C)(C)C(C)(C)O2)c2c(c1)C(C)(C)c1cc(C(C)(C)C)cc(C(=O)OCc3ccccc3)c1O2. The summed E-state index contributed by atoms with van der Waals surface area (Å²) in [4.78, 5) is 13.8.